The number of allylic oxidation sites excluding steroid dienone is 1. The fraction of sp³-hybridized carbons (Fsp3) is 0.286. The Morgan fingerprint density at radius 2 is 2.03 bits per heavy atom. The third-order valence-electron chi connectivity index (χ3n) is 4.94. The Morgan fingerprint density at radius 1 is 1.28 bits per heavy atom. The highest BCUT2D eigenvalue weighted by Gasteiger charge is 2.19. The number of sulfonamides is 1. The van der Waals surface area contributed by atoms with Crippen molar-refractivity contribution in [3.63, 3.8) is 0 Å². The van der Waals surface area contributed by atoms with Crippen LogP contribution in [0.2, 0.25) is 0 Å². The Bertz CT molecular complexity index is 1170. The van der Waals surface area contributed by atoms with Gasteiger partial charge in [0.05, 0.1) is 29.0 Å². The van der Waals surface area contributed by atoms with Gasteiger partial charge in [0.2, 0.25) is 10.0 Å². The summed E-state index contributed by atoms with van der Waals surface area (Å²) in [4.78, 5) is 4.76. The SMILES string of the molecule is Cc1c(Cc2cccc(S(=O)(=O)N(C)C)c2)c2ncccc2n1CC(F)=CC[NH3+]. The van der Waals surface area contributed by atoms with Crippen molar-refractivity contribution in [3.8, 4) is 0 Å². The second kappa shape index (κ2) is 8.44. The van der Waals surface area contributed by atoms with Crippen LogP contribution in [0, 0.1) is 6.92 Å². The third kappa shape index (κ3) is 4.24. The van der Waals surface area contributed by atoms with Gasteiger partial charge >= 0.3 is 0 Å². The molecule has 3 N–H and O–H groups in total. The van der Waals surface area contributed by atoms with E-state index >= 15 is 0 Å². The minimum Gasteiger partial charge on any atom is -0.354 e. The van der Waals surface area contributed by atoms with Gasteiger partial charge in [-0.3, -0.25) is 4.98 Å². The van der Waals surface area contributed by atoms with Crippen LogP contribution in [0.15, 0.2) is 59.4 Å². The zero-order valence-corrected chi connectivity index (χ0v) is 17.7. The van der Waals surface area contributed by atoms with Gasteiger partial charge in [0.25, 0.3) is 0 Å². The smallest absolute Gasteiger partial charge is 0.242 e. The van der Waals surface area contributed by atoms with E-state index < -0.39 is 10.0 Å². The van der Waals surface area contributed by atoms with Crippen molar-refractivity contribution in [1.82, 2.24) is 13.9 Å². The van der Waals surface area contributed by atoms with Crippen molar-refractivity contribution in [2.45, 2.75) is 24.8 Å². The highest BCUT2D eigenvalue weighted by Crippen LogP contribution is 2.28. The van der Waals surface area contributed by atoms with Crippen LogP contribution < -0.4 is 5.73 Å². The quantitative estimate of drug-likeness (QED) is 0.640. The molecule has 0 bridgehead atoms. The Morgan fingerprint density at radius 3 is 2.72 bits per heavy atom. The van der Waals surface area contributed by atoms with Crippen molar-refractivity contribution >= 4 is 21.1 Å². The van der Waals surface area contributed by atoms with Crippen LogP contribution in [0.4, 0.5) is 4.39 Å². The van der Waals surface area contributed by atoms with Gasteiger partial charge < -0.3 is 10.3 Å². The Hall–Kier alpha value is -2.55. The molecule has 2 aromatic heterocycles. The molecule has 0 saturated carbocycles. The molecule has 0 unspecified atom stereocenters. The number of hydrogen-bond acceptors (Lipinski definition) is 3. The number of rotatable bonds is 7. The van der Waals surface area contributed by atoms with Gasteiger partial charge in [-0.25, -0.2) is 17.1 Å². The van der Waals surface area contributed by atoms with Crippen molar-refractivity contribution in [2.24, 2.45) is 0 Å². The molecule has 0 fully saturated rings. The number of benzene rings is 1. The number of nitrogens with zero attached hydrogens (tertiary/aromatic N) is 3. The van der Waals surface area contributed by atoms with Crippen LogP contribution in [0.25, 0.3) is 11.0 Å². The molecule has 0 amide bonds. The first kappa shape index (κ1) is 21.2. The molecule has 2 heterocycles. The maximum atomic E-state index is 14.2. The maximum absolute atomic E-state index is 14.2. The molecular formula is C21H26FN4O2S+. The summed E-state index contributed by atoms with van der Waals surface area (Å²) in [7, 11) is -0.489. The summed E-state index contributed by atoms with van der Waals surface area (Å²) in [6, 6.07) is 10.7. The van der Waals surface area contributed by atoms with E-state index in [0.717, 1.165) is 27.9 Å². The van der Waals surface area contributed by atoms with E-state index in [-0.39, 0.29) is 17.3 Å². The molecule has 0 atom stereocenters. The lowest BCUT2D eigenvalue weighted by Gasteiger charge is -2.12. The first-order valence-electron chi connectivity index (χ1n) is 9.33. The van der Waals surface area contributed by atoms with Crippen LogP contribution >= 0.6 is 0 Å². The first-order chi connectivity index (χ1) is 13.8. The van der Waals surface area contributed by atoms with Crippen molar-refractivity contribution < 1.29 is 18.5 Å². The van der Waals surface area contributed by atoms with Gasteiger partial charge in [-0.2, -0.15) is 0 Å². The Labute approximate surface area is 170 Å². The number of aromatic nitrogens is 2. The van der Waals surface area contributed by atoms with Crippen molar-refractivity contribution in [2.75, 3.05) is 20.6 Å². The Kier molecular flexibility index (Phi) is 6.16. The third-order valence-corrected chi connectivity index (χ3v) is 6.75. The number of halogens is 1. The van der Waals surface area contributed by atoms with E-state index in [4.69, 9.17) is 0 Å². The summed E-state index contributed by atoms with van der Waals surface area (Å²) in [5.74, 6) is -0.241. The molecular weight excluding hydrogens is 391 g/mol. The highest BCUT2D eigenvalue weighted by atomic mass is 32.2. The predicted octanol–water partition coefficient (Wildman–Crippen LogP) is 2.28. The summed E-state index contributed by atoms with van der Waals surface area (Å²) in [6.07, 6.45) is 3.69. The average Bonchev–Trinajstić information content (AvgIpc) is 2.94. The molecule has 1 aromatic carbocycles. The van der Waals surface area contributed by atoms with Crippen LogP contribution in [-0.4, -0.2) is 42.9 Å². The molecule has 154 valence electrons. The molecule has 6 nitrogen and oxygen atoms in total. The second-order valence-electron chi connectivity index (χ2n) is 7.07. The number of pyridine rings is 1. The fourth-order valence-electron chi connectivity index (χ4n) is 3.38. The van der Waals surface area contributed by atoms with E-state index in [1.54, 1.807) is 24.4 Å². The van der Waals surface area contributed by atoms with E-state index in [0.29, 0.717) is 13.0 Å². The number of hydrogen-bond donors (Lipinski definition) is 1. The molecule has 0 radical (unpaired) electrons. The molecule has 0 aliphatic heterocycles. The molecule has 3 aromatic rings. The lowest BCUT2D eigenvalue weighted by atomic mass is 10.0. The molecule has 0 saturated heterocycles. The van der Waals surface area contributed by atoms with Gasteiger partial charge in [-0.05, 0) is 36.8 Å². The minimum absolute atomic E-state index is 0.124. The summed E-state index contributed by atoms with van der Waals surface area (Å²) in [5, 5.41) is 0. The lowest BCUT2D eigenvalue weighted by molar-refractivity contribution is -0.353. The van der Waals surface area contributed by atoms with Gasteiger partial charge in [-0.1, -0.05) is 12.1 Å². The average molecular weight is 418 g/mol. The molecule has 29 heavy (non-hydrogen) atoms. The van der Waals surface area contributed by atoms with E-state index in [9.17, 15) is 12.8 Å². The lowest BCUT2D eigenvalue weighted by Crippen LogP contribution is -2.49. The standard InChI is InChI=1S/C21H25FN4O2S/c1-15-19(13-16-6-4-7-18(12-16)29(27,28)25(2)3)21-20(8-5-11-24-21)26(15)14-17(22)9-10-23/h4-9,11-12H,10,13-14,23H2,1-3H3/p+1. The topological polar surface area (TPSA) is 82.8 Å². The molecule has 0 aliphatic rings. The largest absolute Gasteiger partial charge is 0.354 e. The predicted molar refractivity (Wildman–Crippen MR) is 112 cm³/mol. The number of fused-ring (bicyclic) bond motifs is 1. The number of quaternary nitrogens is 1. The molecule has 0 spiro atoms. The van der Waals surface area contributed by atoms with E-state index in [1.807, 2.05) is 29.7 Å². The summed E-state index contributed by atoms with van der Waals surface area (Å²) >= 11 is 0. The monoisotopic (exact) mass is 417 g/mol. The Balaban J connectivity index is 2.06. The normalized spacial score (nSPS) is 12.8. The van der Waals surface area contributed by atoms with Gasteiger partial charge in [0.15, 0.2) is 0 Å². The molecule has 3 rings (SSSR count). The maximum Gasteiger partial charge on any atom is 0.242 e. The van der Waals surface area contributed by atoms with Crippen molar-refractivity contribution in [1.29, 1.82) is 0 Å². The summed E-state index contributed by atoms with van der Waals surface area (Å²) < 4.78 is 42.2. The van der Waals surface area contributed by atoms with Crippen LogP contribution in [0.5, 0.6) is 0 Å². The van der Waals surface area contributed by atoms with Crippen molar-refractivity contribution in [3.05, 3.63) is 71.3 Å². The van der Waals surface area contributed by atoms with Gasteiger partial charge in [0, 0.05) is 44.0 Å². The van der Waals surface area contributed by atoms with E-state index in [2.05, 4.69) is 10.7 Å². The van der Waals surface area contributed by atoms with Crippen LogP contribution in [0.3, 0.4) is 0 Å². The second-order valence-corrected chi connectivity index (χ2v) is 9.22. The zero-order chi connectivity index (χ0) is 21.2. The molecule has 0 aliphatic carbocycles. The van der Waals surface area contributed by atoms with Crippen LogP contribution in [0.1, 0.15) is 16.8 Å². The summed E-state index contributed by atoms with van der Waals surface area (Å²) in [5.41, 5.74) is 8.04. The van der Waals surface area contributed by atoms with Gasteiger partial charge in [0.1, 0.15) is 5.83 Å². The van der Waals surface area contributed by atoms with E-state index in [1.165, 1.54) is 24.5 Å². The van der Waals surface area contributed by atoms with Gasteiger partial charge in [-0.15, -0.1) is 0 Å². The summed E-state index contributed by atoms with van der Waals surface area (Å²) in [6.45, 7) is 2.45. The highest BCUT2D eigenvalue weighted by molar-refractivity contribution is 7.89. The fourth-order valence-corrected chi connectivity index (χ4v) is 4.35. The first-order valence-corrected chi connectivity index (χ1v) is 10.8. The zero-order valence-electron chi connectivity index (χ0n) is 16.9. The van der Waals surface area contributed by atoms with Crippen LogP contribution in [-0.2, 0) is 23.0 Å². The minimum atomic E-state index is -3.51. The molecule has 8 heteroatoms.